The van der Waals surface area contributed by atoms with Crippen molar-refractivity contribution in [2.75, 3.05) is 13.2 Å². The molecular weight excluding hydrogens is 164 g/mol. The number of hydrogen-bond donors (Lipinski definition) is 1. The summed E-state index contributed by atoms with van der Waals surface area (Å²) in [6, 6.07) is 2.22. The standard InChI is InChI=1S/C10H18N2O/c1-2-9(7-11)12-8-10-5-3-4-6-13-10/h9-10,12H,2-6,8H2,1H3. The molecule has 1 aliphatic rings. The predicted molar refractivity (Wildman–Crippen MR) is 51.3 cm³/mol. The van der Waals surface area contributed by atoms with Crippen LogP contribution in [0.25, 0.3) is 0 Å². The molecule has 1 aliphatic heterocycles. The van der Waals surface area contributed by atoms with Gasteiger partial charge in [-0.25, -0.2) is 0 Å². The Bertz CT molecular complexity index is 170. The summed E-state index contributed by atoms with van der Waals surface area (Å²) in [6.45, 7) is 3.73. The highest BCUT2D eigenvalue weighted by Crippen LogP contribution is 2.11. The largest absolute Gasteiger partial charge is 0.377 e. The molecule has 3 heteroatoms. The summed E-state index contributed by atoms with van der Waals surface area (Å²) in [5, 5.41) is 11.9. The van der Waals surface area contributed by atoms with Gasteiger partial charge in [-0.1, -0.05) is 6.92 Å². The van der Waals surface area contributed by atoms with E-state index in [0.29, 0.717) is 6.10 Å². The van der Waals surface area contributed by atoms with Crippen LogP contribution in [0.4, 0.5) is 0 Å². The Morgan fingerprint density at radius 3 is 3.00 bits per heavy atom. The first-order chi connectivity index (χ1) is 6.36. The van der Waals surface area contributed by atoms with Crippen molar-refractivity contribution < 1.29 is 4.74 Å². The van der Waals surface area contributed by atoms with Gasteiger partial charge in [-0.3, -0.25) is 5.32 Å². The van der Waals surface area contributed by atoms with Gasteiger partial charge in [-0.15, -0.1) is 0 Å². The molecule has 1 fully saturated rings. The SMILES string of the molecule is CCC(C#N)NCC1CCCCO1. The summed E-state index contributed by atoms with van der Waals surface area (Å²) in [7, 11) is 0. The van der Waals surface area contributed by atoms with E-state index in [1.807, 2.05) is 6.92 Å². The maximum Gasteiger partial charge on any atom is 0.0951 e. The number of rotatable bonds is 4. The molecule has 1 saturated heterocycles. The fraction of sp³-hybridized carbons (Fsp3) is 0.900. The zero-order valence-corrected chi connectivity index (χ0v) is 8.25. The molecule has 1 N–H and O–H groups in total. The average Bonchev–Trinajstić information content (AvgIpc) is 2.21. The van der Waals surface area contributed by atoms with Crippen LogP contribution in [0, 0.1) is 11.3 Å². The van der Waals surface area contributed by atoms with E-state index < -0.39 is 0 Å². The average molecular weight is 182 g/mol. The van der Waals surface area contributed by atoms with Crippen molar-refractivity contribution in [3.63, 3.8) is 0 Å². The van der Waals surface area contributed by atoms with Gasteiger partial charge in [0.05, 0.1) is 18.2 Å². The van der Waals surface area contributed by atoms with Crippen molar-refractivity contribution in [2.45, 2.75) is 44.8 Å². The minimum atomic E-state index is -0.00877. The molecule has 13 heavy (non-hydrogen) atoms. The third-order valence-corrected chi connectivity index (χ3v) is 2.43. The summed E-state index contributed by atoms with van der Waals surface area (Å²) in [6.07, 6.45) is 4.77. The van der Waals surface area contributed by atoms with E-state index in [4.69, 9.17) is 10.00 Å². The van der Waals surface area contributed by atoms with Crippen LogP contribution in [-0.2, 0) is 4.74 Å². The van der Waals surface area contributed by atoms with Gasteiger partial charge in [0.15, 0.2) is 0 Å². The molecule has 0 spiro atoms. The van der Waals surface area contributed by atoms with Gasteiger partial charge in [0.25, 0.3) is 0 Å². The van der Waals surface area contributed by atoms with Crippen LogP contribution in [0.5, 0.6) is 0 Å². The zero-order valence-electron chi connectivity index (χ0n) is 8.25. The van der Waals surface area contributed by atoms with Crippen LogP contribution >= 0.6 is 0 Å². The highest BCUT2D eigenvalue weighted by Gasteiger charge is 2.14. The molecular formula is C10H18N2O. The molecule has 1 heterocycles. The number of ether oxygens (including phenoxy) is 1. The molecule has 0 aliphatic carbocycles. The maximum absolute atomic E-state index is 8.70. The first-order valence-electron chi connectivity index (χ1n) is 5.11. The molecule has 0 bridgehead atoms. The Hall–Kier alpha value is -0.590. The fourth-order valence-corrected chi connectivity index (χ4v) is 1.52. The maximum atomic E-state index is 8.70. The van der Waals surface area contributed by atoms with Crippen LogP contribution in [0.2, 0.25) is 0 Å². The van der Waals surface area contributed by atoms with Gasteiger partial charge < -0.3 is 4.74 Å². The van der Waals surface area contributed by atoms with Crippen LogP contribution in [0.15, 0.2) is 0 Å². The zero-order chi connectivity index (χ0) is 9.52. The Morgan fingerprint density at radius 2 is 2.46 bits per heavy atom. The number of nitrogens with zero attached hydrogens (tertiary/aromatic N) is 1. The van der Waals surface area contributed by atoms with Gasteiger partial charge in [0.1, 0.15) is 0 Å². The lowest BCUT2D eigenvalue weighted by Gasteiger charge is -2.23. The second-order valence-corrected chi connectivity index (χ2v) is 3.49. The molecule has 74 valence electrons. The molecule has 0 radical (unpaired) electrons. The molecule has 1 rings (SSSR count). The van der Waals surface area contributed by atoms with E-state index in [9.17, 15) is 0 Å². The molecule has 0 aromatic rings. The molecule has 2 unspecified atom stereocenters. The molecule has 3 nitrogen and oxygen atoms in total. The van der Waals surface area contributed by atoms with Crippen molar-refractivity contribution in [1.29, 1.82) is 5.26 Å². The number of nitriles is 1. The van der Waals surface area contributed by atoms with Gasteiger partial charge in [0.2, 0.25) is 0 Å². The fourth-order valence-electron chi connectivity index (χ4n) is 1.52. The van der Waals surface area contributed by atoms with Crippen LogP contribution in [0.1, 0.15) is 32.6 Å². The van der Waals surface area contributed by atoms with Crippen molar-refractivity contribution in [3.8, 4) is 6.07 Å². The number of hydrogen-bond acceptors (Lipinski definition) is 3. The lowest BCUT2D eigenvalue weighted by Crippen LogP contribution is -2.37. The molecule has 0 amide bonds. The third-order valence-electron chi connectivity index (χ3n) is 2.43. The Labute approximate surface area is 80.1 Å². The van der Waals surface area contributed by atoms with E-state index in [1.54, 1.807) is 0 Å². The molecule has 0 saturated carbocycles. The Morgan fingerprint density at radius 1 is 1.62 bits per heavy atom. The third kappa shape index (κ3) is 3.75. The van der Waals surface area contributed by atoms with Gasteiger partial charge >= 0.3 is 0 Å². The van der Waals surface area contributed by atoms with Gasteiger partial charge in [-0.2, -0.15) is 5.26 Å². The van der Waals surface area contributed by atoms with Crippen molar-refractivity contribution >= 4 is 0 Å². The molecule has 2 atom stereocenters. The Kier molecular flexibility index (Phi) is 4.81. The van der Waals surface area contributed by atoms with E-state index in [0.717, 1.165) is 26.0 Å². The summed E-state index contributed by atoms with van der Waals surface area (Å²) < 4.78 is 5.55. The van der Waals surface area contributed by atoms with Gasteiger partial charge in [0, 0.05) is 13.2 Å². The minimum absolute atomic E-state index is 0.00877. The molecule has 0 aromatic carbocycles. The van der Waals surface area contributed by atoms with Crippen LogP contribution in [-0.4, -0.2) is 25.3 Å². The Balaban J connectivity index is 2.13. The summed E-state index contributed by atoms with van der Waals surface area (Å²) in [5.74, 6) is 0. The quantitative estimate of drug-likeness (QED) is 0.715. The smallest absolute Gasteiger partial charge is 0.0951 e. The lowest BCUT2D eigenvalue weighted by molar-refractivity contribution is 0.0161. The lowest BCUT2D eigenvalue weighted by atomic mass is 10.1. The van der Waals surface area contributed by atoms with Crippen molar-refractivity contribution in [3.05, 3.63) is 0 Å². The number of nitrogens with one attached hydrogen (secondary N) is 1. The first kappa shape index (κ1) is 10.5. The van der Waals surface area contributed by atoms with Crippen LogP contribution in [0.3, 0.4) is 0 Å². The van der Waals surface area contributed by atoms with Crippen molar-refractivity contribution in [1.82, 2.24) is 5.32 Å². The second kappa shape index (κ2) is 5.95. The minimum Gasteiger partial charge on any atom is -0.377 e. The normalized spacial score (nSPS) is 25.1. The van der Waals surface area contributed by atoms with Crippen molar-refractivity contribution in [2.24, 2.45) is 0 Å². The monoisotopic (exact) mass is 182 g/mol. The van der Waals surface area contributed by atoms with E-state index in [-0.39, 0.29) is 6.04 Å². The summed E-state index contributed by atoms with van der Waals surface area (Å²) in [5.41, 5.74) is 0. The van der Waals surface area contributed by atoms with Gasteiger partial charge in [-0.05, 0) is 25.7 Å². The second-order valence-electron chi connectivity index (χ2n) is 3.49. The highest BCUT2D eigenvalue weighted by atomic mass is 16.5. The van der Waals surface area contributed by atoms with Crippen LogP contribution < -0.4 is 5.32 Å². The first-order valence-corrected chi connectivity index (χ1v) is 5.11. The predicted octanol–water partition coefficient (Wildman–Crippen LogP) is 1.45. The van der Waals surface area contributed by atoms with E-state index in [1.165, 1.54) is 12.8 Å². The van der Waals surface area contributed by atoms with E-state index in [2.05, 4.69) is 11.4 Å². The van der Waals surface area contributed by atoms with E-state index >= 15 is 0 Å². The topological polar surface area (TPSA) is 45.0 Å². The highest BCUT2D eigenvalue weighted by molar-refractivity contribution is 4.89. The summed E-state index contributed by atoms with van der Waals surface area (Å²) >= 11 is 0. The molecule has 0 aromatic heterocycles. The summed E-state index contributed by atoms with van der Waals surface area (Å²) in [4.78, 5) is 0.